The maximum atomic E-state index is 12.9. The molecule has 0 saturated heterocycles. The summed E-state index contributed by atoms with van der Waals surface area (Å²) in [6, 6.07) is 6.66. The minimum atomic E-state index is 0.154. The molecule has 0 aromatic carbocycles. The fourth-order valence-corrected chi connectivity index (χ4v) is 5.87. The summed E-state index contributed by atoms with van der Waals surface area (Å²) in [6.07, 6.45) is 8.21. The van der Waals surface area contributed by atoms with E-state index in [-0.39, 0.29) is 6.04 Å². The van der Waals surface area contributed by atoms with Gasteiger partial charge in [0.2, 0.25) is 5.91 Å². The number of nitrogens with zero attached hydrogens (tertiary/aromatic N) is 1. The molecule has 1 saturated carbocycles. The molecule has 2 nitrogen and oxygen atoms in total. The molecule has 0 spiro atoms. The van der Waals surface area contributed by atoms with E-state index in [0.29, 0.717) is 5.91 Å². The van der Waals surface area contributed by atoms with Crippen molar-refractivity contribution in [1.82, 2.24) is 4.90 Å². The quantitative estimate of drug-likeness (QED) is 0.741. The SMILES string of the molecule is O=C(CCC1CCCC1)N1CCc2sccc2C1c1cccs1. The normalized spacial score (nSPS) is 21.6. The van der Waals surface area contributed by atoms with Gasteiger partial charge in [-0.15, -0.1) is 22.7 Å². The molecule has 1 amide bonds. The minimum Gasteiger partial charge on any atom is -0.330 e. The van der Waals surface area contributed by atoms with Crippen LogP contribution < -0.4 is 0 Å². The average molecular weight is 346 g/mol. The van der Waals surface area contributed by atoms with Gasteiger partial charge >= 0.3 is 0 Å². The van der Waals surface area contributed by atoms with Crippen LogP contribution in [0.25, 0.3) is 0 Å². The lowest BCUT2D eigenvalue weighted by Crippen LogP contribution is -2.39. The van der Waals surface area contributed by atoms with E-state index in [1.807, 2.05) is 11.3 Å². The average Bonchev–Trinajstić information content (AvgIpc) is 3.33. The summed E-state index contributed by atoms with van der Waals surface area (Å²) in [5.41, 5.74) is 1.36. The lowest BCUT2D eigenvalue weighted by atomic mass is 9.96. The Morgan fingerprint density at radius 3 is 2.83 bits per heavy atom. The molecule has 3 heterocycles. The van der Waals surface area contributed by atoms with E-state index in [0.717, 1.165) is 31.7 Å². The first-order valence-corrected chi connectivity index (χ1v) is 10.5. The van der Waals surface area contributed by atoms with Crippen molar-refractivity contribution in [2.75, 3.05) is 6.54 Å². The van der Waals surface area contributed by atoms with Gasteiger partial charge < -0.3 is 4.90 Å². The molecule has 2 aromatic heterocycles. The van der Waals surface area contributed by atoms with Gasteiger partial charge in [-0.05, 0) is 47.2 Å². The summed E-state index contributed by atoms with van der Waals surface area (Å²) < 4.78 is 0. The standard InChI is InChI=1S/C19H23NOS2/c21-18(8-7-14-4-1-2-5-14)20-11-9-16-15(10-13-23-16)19(20)17-6-3-12-22-17/h3,6,10,12-14,19H,1-2,4-5,7-9,11H2. The third-order valence-corrected chi connectivity index (χ3v) is 7.26. The van der Waals surface area contributed by atoms with Gasteiger partial charge in [0, 0.05) is 22.7 Å². The Bertz CT molecular complexity index is 655. The molecule has 1 unspecified atom stereocenters. The lowest BCUT2D eigenvalue weighted by molar-refractivity contribution is -0.133. The summed E-state index contributed by atoms with van der Waals surface area (Å²) in [4.78, 5) is 17.8. The zero-order valence-corrected chi connectivity index (χ0v) is 15.0. The predicted molar refractivity (Wildman–Crippen MR) is 97.1 cm³/mol. The largest absolute Gasteiger partial charge is 0.330 e. The predicted octanol–water partition coefficient (Wildman–Crippen LogP) is 5.25. The van der Waals surface area contributed by atoms with Gasteiger partial charge in [-0.3, -0.25) is 4.79 Å². The van der Waals surface area contributed by atoms with Crippen LogP contribution in [0.5, 0.6) is 0 Å². The Morgan fingerprint density at radius 1 is 1.17 bits per heavy atom. The molecule has 0 radical (unpaired) electrons. The van der Waals surface area contributed by atoms with E-state index in [1.165, 1.54) is 41.0 Å². The zero-order valence-electron chi connectivity index (χ0n) is 13.4. The second kappa shape index (κ2) is 6.78. The van der Waals surface area contributed by atoms with Gasteiger partial charge in [-0.1, -0.05) is 31.7 Å². The maximum absolute atomic E-state index is 12.9. The first kappa shape index (κ1) is 15.4. The molecule has 2 aliphatic rings. The fraction of sp³-hybridized carbons (Fsp3) is 0.526. The van der Waals surface area contributed by atoms with Crippen LogP contribution in [0.15, 0.2) is 29.0 Å². The number of carbonyl (C=O) groups excluding carboxylic acids is 1. The van der Waals surface area contributed by atoms with E-state index in [4.69, 9.17) is 0 Å². The van der Waals surface area contributed by atoms with Crippen LogP contribution in [0.3, 0.4) is 0 Å². The molecule has 1 aliphatic heterocycles. The van der Waals surface area contributed by atoms with Crippen molar-refractivity contribution in [1.29, 1.82) is 0 Å². The first-order chi connectivity index (χ1) is 11.3. The Kier molecular flexibility index (Phi) is 4.54. The van der Waals surface area contributed by atoms with Gasteiger partial charge in [0.1, 0.15) is 0 Å². The Balaban J connectivity index is 1.53. The molecule has 0 N–H and O–H groups in total. The summed E-state index contributed by atoms with van der Waals surface area (Å²) in [6.45, 7) is 0.875. The molecule has 4 heteroatoms. The van der Waals surface area contributed by atoms with Crippen LogP contribution in [-0.2, 0) is 11.2 Å². The highest BCUT2D eigenvalue weighted by atomic mass is 32.1. The molecule has 1 aliphatic carbocycles. The van der Waals surface area contributed by atoms with Crippen molar-refractivity contribution < 1.29 is 4.79 Å². The second-order valence-electron chi connectivity index (χ2n) is 6.74. The van der Waals surface area contributed by atoms with Crippen LogP contribution in [0.4, 0.5) is 0 Å². The van der Waals surface area contributed by atoms with Crippen LogP contribution in [-0.4, -0.2) is 17.4 Å². The van der Waals surface area contributed by atoms with E-state index < -0.39 is 0 Å². The topological polar surface area (TPSA) is 20.3 Å². The number of hydrogen-bond donors (Lipinski definition) is 0. The van der Waals surface area contributed by atoms with Crippen molar-refractivity contribution in [3.63, 3.8) is 0 Å². The smallest absolute Gasteiger partial charge is 0.223 e. The van der Waals surface area contributed by atoms with E-state index in [1.54, 1.807) is 11.3 Å². The zero-order chi connectivity index (χ0) is 15.6. The highest BCUT2D eigenvalue weighted by molar-refractivity contribution is 7.10. The monoisotopic (exact) mass is 345 g/mol. The fourth-order valence-electron chi connectivity index (χ4n) is 4.11. The lowest BCUT2D eigenvalue weighted by Gasteiger charge is -2.35. The van der Waals surface area contributed by atoms with Crippen LogP contribution in [0, 0.1) is 5.92 Å². The van der Waals surface area contributed by atoms with E-state index >= 15 is 0 Å². The Morgan fingerprint density at radius 2 is 2.04 bits per heavy atom. The number of fused-ring (bicyclic) bond motifs is 1. The van der Waals surface area contributed by atoms with Crippen LogP contribution in [0.2, 0.25) is 0 Å². The molecular weight excluding hydrogens is 322 g/mol. The van der Waals surface area contributed by atoms with Crippen LogP contribution in [0.1, 0.15) is 59.9 Å². The molecule has 0 bridgehead atoms. The summed E-state index contributed by atoms with van der Waals surface area (Å²) in [5.74, 6) is 1.15. The highest BCUT2D eigenvalue weighted by Gasteiger charge is 2.33. The number of amides is 1. The van der Waals surface area contributed by atoms with Gasteiger partial charge in [-0.2, -0.15) is 0 Å². The van der Waals surface area contributed by atoms with Crippen molar-refractivity contribution in [2.24, 2.45) is 5.92 Å². The van der Waals surface area contributed by atoms with Crippen LogP contribution >= 0.6 is 22.7 Å². The molecule has 4 rings (SSSR count). The molecule has 1 fully saturated rings. The third-order valence-electron chi connectivity index (χ3n) is 5.34. The summed E-state index contributed by atoms with van der Waals surface area (Å²) >= 11 is 3.61. The number of carbonyl (C=O) groups is 1. The van der Waals surface area contributed by atoms with Crippen molar-refractivity contribution in [2.45, 2.75) is 51.0 Å². The molecule has 122 valence electrons. The maximum Gasteiger partial charge on any atom is 0.223 e. The van der Waals surface area contributed by atoms with E-state index in [9.17, 15) is 4.79 Å². The number of hydrogen-bond acceptors (Lipinski definition) is 3. The first-order valence-electron chi connectivity index (χ1n) is 8.72. The second-order valence-corrected chi connectivity index (χ2v) is 8.72. The Labute approximate surface area is 146 Å². The van der Waals surface area contributed by atoms with E-state index in [2.05, 4.69) is 33.9 Å². The Hall–Kier alpha value is -1.13. The molecule has 2 aromatic rings. The van der Waals surface area contributed by atoms with Gasteiger partial charge in [-0.25, -0.2) is 0 Å². The molecule has 23 heavy (non-hydrogen) atoms. The van der Waals surface area contributed by atoms with Crippen molar-refractivity contribution in [3.05, 3.63) is 44.3 Å². The summed E-state index contributed by atoms with van der Waals surface area (Å²) in [7, 11) is 0. The van der Waals surface area contributed by atoms with Crippen molar-refractivity contribution in [3.8, 4) is 0 Å². The number of thiophene rings is 2. The van der Waals surface area contributed by atoms with Gasteiger partial charge in [0.15, 0.2) is 0 Å². The summed E-state index contributed by atoms with van der Waals surface area (Å²) in [5, 5.41) is 4.30. The van der Waals surface area contributed by atoms with Gasteiger partial charge in [0.05, 0.1) is 6.04 Å². The van der Waals surface area contributed by atoms with Gasteiger partial charge in [0.25, 0.3) is 0 Å². The minimum absolute atomic E-state index is 0.154. The highest BCUT2D eigenvalue weighted by Crippen LogP contribution is 2.40. The molecule has 1 atom stereocenters. The number of rotatable bonds is 4. The van der Waals surface area contributed by atoms with Crippen molar-refractivity contribution >= 4 is 28.6 Å². The third kappa shape index (κ3) is 3.11. The molecular formula is C19H23NOS2.